The molecule has 1 amide bonds. The van der Waals surface area contributed by atoms with Crippen molar-refractivity contribution in [3.63, 3.8) is 0 Å². The van der Waals surface area contributed by atoms with E-state index in [-0.39, 0.29) is 18.9 Å². The van der Waals surface area contributed by atoms with Gasteiger partial charge in [-0.15, -0.1) is 0 Å². The second kappa shape index (κ2) is 8.03. The van der Waals surface area contributed by atoms with E-state index in [1.165, 1.54) is 0 Å². The van der Waals surface area contributed by atoms with Crippen molar-refractivity contribution in [3.05, 3.63) is 11.6 Å². The summed E-state index contributed by atoms with van der Waals surface area (Å²) in [6.07, 6.45) is 4.45. The number of nitrogens with one attached hydrogen (secondary N) is 1. The van der Waals surface area contributed by atoms with Gasteiger partial charge in [0.05, 0.1) is 6.42 Å². The first-order chi connectivity index (χ1) is 7.11. The van der Waals surface area contributed by atoms with Crippen molar-refractivity contribution in [2.24, 2.45) is 0 Å². The molecule has 0 aliphatic rings. The minimum atomic E-state index is -0.897. The van der Waals surface area contributed by atoms with Gasteiger partial charge in [0.1, 0.15) is 0 Å². The van der Waals surface area contributed by atoms with Crippen LogP contribution in [0.1, 0.15) is 39.5 Å². The molecule has 0 bridgehead atoms. The average molecular weight is 213 g/mol. The molecule has 0 aliphatic carbocycles. The normalized spacial score (nSPS) is 11.2. The summed E-state index contributed by atoms with van der Waals surface area (Å²) in [6, 6.07) is 0. The number of carboxylic acid groups (broad SMARTS) is 1. The topological polar surface area (TPSA) is 66.4 Å². The highest BCUT2D eigenvalue weighted by Crippen LogP contribution is 2.03. The third-order valence-corrected chi connectivity index (χ3v) is 1.98. The molecule has 2 N–H and O–H groups in total. The molecule has 15 heavy (non-hydrogen) atoms. The SMILES string of the molecule is CCC/C=C(\CC)C(=O)NCCC(=O)O. The first-order valence-electron chi connectivity index (χ1n) is 5.30. The van der Waals surface area contributed by atoms with Gasteiger partial charge in [0.2, 0.25) is 5.91 Å². The lowest BCUT2D eigenvalue weighted by Crippen LogP contribution is -2.27. The Hall–Kier alpha value is -1.32. The zero-order valence-electron chi connectivity index (χ0n) is 9.38. The van der Waals surface area contributed by atoms with Gasteiger partial charge < -0.3 is 10.4 Å². The smallest absolute Gasteiger partial charge is 0.305 e. The molecule has 0 unspecified atom stereocenters. The molecule has 0 saturated carbocycles. The predicted molar refractivity (Wildman–Crippen MR) is 58.5 cm³/mol. The standard InChI is InChI=1S/C11H19NO3/c1-3-5-6-9(4-2)11(15)12-8-7-10(13)14/h6H,3-5,7-8H2,1-2H3,(H,12,15)(H,13,14)/b9-6+. The number of carboxylic acids is 1. The van der Waals surface area contributed by atoms with Crippen molar-refractivity contribution in [3.8, 4) is 0 Å². The average Bonchev–Trinajstić information content (AvgIpc) is 2.18. The summed E-state index contributed by atoms with van der Waals surface area (Å²) in [7, 11) is 0. The quantitative estimate of drug-likeness (QED) is 0.633. The Morgan fingerprint density at radius 1 is 1.33 bits per heavy atom. The monoisotopic (exact) mass is 213 g/mol. The summed E-state index contributed by atoms with van der Waals surface area (Å²) in [5.74, 6) is -1.04. The Kier molecular flexibility index (Phi) is 7.32. The number of hydrogen-bond donors (Lipinski definition) is 2. The second-order valence-electron chi connectivity index (χ2n) is 3.27. The first kappa shape index (κ1) is 13.7. The van der Waals surface area contributed by atoms with Crippen LogP contribution in [0.15, 0.2) is 11.6 Å². The lowest BCUT2D eigenvalue weighted by molar-refractivity contribution is -0.136. The van der Waals surface area contributed by atoms with Gasteiger partial charge in [0.15, 0.2) is 0 Å². The molecule has 0 saturated heterocycles. The van der Waals surface area contributed by atoms with Crippen molar-refractivity contribution in [2.75, 3.05) is 6.54 Å². The van der Waals surface area contributed by atoms with Crippen LogP contribution < -0.4 is 5.32 Å². The van der Waals surface area contributed by atoms with Crippen LogP contribution in [0.4, 0.5) is 0 Å². The fourth-order valence-corrected chi connectivity index (χ4v) is 1.11. The summed E-state index contributed by atoms with van der Waals surface area (Å²) in [5.41, 5.74) is 0.738. The van der Waals surface area contributed by atoms with Gasteiger partial charge in [0, 0.05) is 12.1 Å². The molecule has 0 aromatic carbocycles. The molecule has 0 aromatic rings. The van der Waals surface area contributed by atoms with Crippen LogP contribution in [0.2, 0.25) is 0 Å². The first-order valence-corrected chi connectivity index (χ1v) is 5.30. The third-order valence-electron chi connectivity index (χ3n) is 1.98. The van der Waals surface area contributed by atoms with E-state index >= 15 is 0 Å². The number of carbonyl (C=O) groups excluding carboxylic acids is 1. The van der Waals surface area contributed by atoms with Crippen LogP contribution in [0, 0.1) is 0 Å². The minimum Gasteiger partial charge on any atom is -0.481 e. The highest BCUT2D eigenvalue weighted by Gasteiger charge is 2.06. The molecule has 0 heterocycles. The van der Waals surface area contributed by atoms with E-state index in [0.29, 0.717) is 6.42 Å². The van der Waals surface area contributed by atoms with Crippen molar-refractivity contribution in [2.45, 2.75) is 39.5 Å². The van der Waals surface area contributed by atoms with E-state index in [1.807, 2.05) is 19.9 Å². The summed E-state index contributed by atoms with van der Waals surface area (Å²) in [5, 5.41) is 11.0. The van der Waals surface area contributed by atoms with Crippen LogP contribution >= 0.6 is 0 Å². The molecule has 0 aliphatic heterocycles. The van der Waals surface area contributed by atoms with Crippen molar-refractivity contribution in [1.29, 1.82) is 0 Å². The summed E-state index contributed by atoms with van der Waals surface area (Å²) < 4.78 is 0. The molecule has 0 fully saturated rings. The number of amides is 1. The Bertz CT molecular complexity index is 246. The van der Waals surface area contributed by atoms with Crippen LogP contribution in [0.25, 0.3) is 0 Å². The summed E-state index contributed by atoms with van der Waals surface area (Å²) >= 11 is 0. The molecule has 0 rings (SSSR count). The minimum absolute atomic E-state index is 0.0312. The lowest BCUT2D eigenvalue weighted by atomic mass is 10.1. The number of hydrogen-bond acceptors (Lipinski definition) is 2. The van der Waals surface area contributed by atoms with E-state index in [9.17, 15) is 9.59 Å². The molecule has 0 spiro atoms. The van der Waals surface area contributed by atoms with Crippen molar-refractivity contribution >= 4 is 11.9 Å². The summed E-state index contributed by atoms with van der Waals surface area (Å²) in [6.45, 7) is 4.15. The van der Waals surface area contributed by atoms with E-state index in [4.69, 9.17) is 5.11 Å². The van der Waals surface area contributed by atoms with E-state index < -0.39 is 5.97 Å². The van der Waals surface area contributed by atoms with Crippen molar-refractivity contribution < 1.29 is 14.7 Å². The number of unbranched alkanes of at least 4 members (excludes halogenated alkanes) is 1. The largest absolute Gasteiger partial charge is 0.481 e. The molecular formula is C11H19NO3. The van der Waals surface area contributed by atoms with Crippen molar-refractivity contribution in [1.82, 2.24) is 5.32 Å². The van der Waals surface area contributed by atoms with Crippen LogP contribution in [0.3, 0.4) is 0 Å². The Balaban J connectivity index is 3.99. The molecule has 4 nitrogen and oxygen atoms in total. The Labute approximate surface area is 90.4 Å². The van der Waals surface area contributed by atoms with Gasteiger partial charge in [-0.2, -0.15) is 0 Å². The van der Waals surface area contributed by atoms with E-state index in [2.05, 4.69) is 5.32 Å². The highest BCUT2D eigenvalue weighted by atomic mass is 16.4. The maximum Gasteiger partial charge on any atom is 0.305 e. The molecule has 0 aromatic heterocycles. The van der Waals surface area contributed by atoms with Crippen LogP contribution in [-0.4, -0.2) is 23.5 Å². The number of carbonyl (C=O) groups is 2. The van der Waals surface area contributed by atoms with Gasteiger partial charge in [-0.05, 0) is 12.8 Å². The van der Waals surface area contributed by atoms with E-state index in [1.54, 1.807) is 0 Å². The molecule has 0 radical (unpaired) electrons. The van der Waals surface area contributed by atoms with Gasteiger partial charge in [-0.1, -0.05) is 26.3 Å². The Morgan fingerprint density at radius 3 is 2.47 bits per heavy atom. The van der Waals surface area contributed by atoms with Gasteiger partial charge >= 0.3 is 5.97 Å². The maximum atomic E-state index is 11.5. The third kappa shape index (κ3) is 6.71. The second-order valence-corrected chi connectivity index (χ2v) is 3.27. The predicted octanol–water partition coefficient (Wildman–Crippen LogP) is 1.71. The molecule has 86 valence electrons. The molecular weight excluding hydrogens is 194 g/mol. The summed E-state index contributed by atoms with van der Waals surface area (Å²) in [4.78, 5) is 21.7. The Morgan fingerprint density at radius 2 is 2.00 bits per heavy atom. The zero-order chi connectivity index (χ0) is 11.7. The lowest BCUT2D eigenvalue weighted by Gasteiger charge is -2.05. The highest BCUT2D eigenvalue weighted by molar-refractivity contribution is 5.93. The fraction of sp³-hybridized carbons (Fsp3) is 0.636. The fourth-order valence-electron chi connectivity index (χ4n) is 1.11. The van der Waals surface area contributed by atoms with Crippen LogP contribution in [-0.2, 0) is 9.59 Å². The zero-order valence-corrected chi connectivity index (χ0v) is 9.38. The maximum absolute atomic E-state index is 11.5. The van der Waals surface area contributed by atoms with Gasteiger partial charge in [0.25, 0.3) is 0 Å². The van der Waals surface area contributed by atoms with Crippen LogP contribution in [0.5, 0.6) is 0 Å². The number of rotatable bonds is 7. The molecule has 0 atom stereocenters. The van der Waals surface area contributed by atoms with Gasteiger partial charge in [-0.25, -0.2) is 0 Å². The molecule has 4 heteroatoms. The van der Waals surface area contributed by atoms with Gasteiger partial charge in [-0.3, -0.25) is 9.59 Å². The number of allylic oxidation sites excluding steroid dienone is 1. The van der Waals surface area contributed by atoms with E-state index in [0.717, 1.165) is 18.4 Å². The number of aliphatic carboxylic acids is 1.